The third kappa shape index (κ3) is 3.44. The summed E-state index contributed by atoms with van der Waals surface area (Å²) >= 11 is 0. The first kappa shape index (κ1) is 14.7. The molecule has 0 spiro atoms. The van der Waals surface area contributed by atoms with Crippen LogP contribution in [0.5, 0.6) is 11.6 Å². The molecular formula is C14H16N4O3. The molecule has 7 heteroatoms. The Labute approximate surface area is 121 Å². The molecule has 0 fully saturated rings. The van der Waals surface area contributed by atoms with Gasteiger partial charge in [-0.05, 0) is 18.1 Å². The molecule has 0 radical (unpaired) electrons. The molecule has 2 rings (SSSR count). The Balaban J connectivity index is 2.39. The van der Waals surface area contributed by atoms with Crippen LogP contribution in [0.25, 0.3) is 0 Å². The molecular weight excluding hydrogens is 272 g/mol. The third-order valence-electron chi connectivity index (χ3n) is 2.93. The largest absolute Gasteiger partial charge is 0.432 e. The van der Waals surface area contributed by atoms with E-state index < -0.39 is 4.92 Å². The molecule has 0 bridgehead atoms. The lowest BCUT2D eigenvalue weighted by Gasteiger charge is -2.08. The van der Waals surface area contributed by atoms with Gasteiger partial charge in [-0.15, -0.1) is 0 Å². The minimum atomic E-state index is -0.472. The third-order valence-corrected chi connectivity index (χ3v) is 2.93. The number of nitrogens with two attached hydrogens (primary N) is 1. The maximum Gasteiger partial charge on any atom is 0.311 e. The van der Waals surface area contributed by atoms with Gasteiger partial charge in [0.1, 0.15) is 11.6 Å². The van der Waals surface area contributed by atoms with Crippen molar-refractivity contribution in [1.29, 1.82) is 0 Å². The molecule has 0 atom stereocenters. The van der Waals surface area contributed by atoms with E-state index in [1.165, 1.54) is 12.1 Å². The summed E-state index contributed by atoms with van der Waals surface area (Å²) in [6, 6.07) is 6.30. The Bertz CT molecular complexity index is 673. The zero-order valence-corrected chi connectivity index (χ0v) is 11.9. The lowest BCUT2D eigenvalue weighted by Crippen LogP contribution is -2.01. The second-order valence-corrected chi connectivity index (χ2v) is 4.42. The summed E-state index contributed by atoms with van der Waals surface area (Å²) in [6.07, 6.45) is 1.31. The van der Waals surface area contributed by atoms with Gasteiger partial charge in [0.15, 0.2) is 0 Å². The Hall–Kier alpha value is -2.70. The van der Waals surface area contributed by atoms with Crippen LogP contribution < -0.4 is 10.5 Å². The van der Waals surface area contributed by atoms with Crippen molar-refractivity contribution in [3.05, 3.63) is 45.8 Å². The van der Waals surface area contributed by atoms with E-state index in [0.29, 0.717) is 18.7 Å². The van der Waals surface area contributed by atoms with Crippen molar-refractivity contribution in [2.45, 2.75) is 26.7 Å². The number of benzene rings is 1. The second-order valence-electron chi connectivity index (χ2n) is 4.42. The smallest absolute Gasteiger partial charge is 0.311 e. The second kappa shape index (κ2) is 6.17. The van der Waals surface area contributed by atoms with E-state index in [2.05, 4.69) is 9.97 Å². The van der Waals surface area contributed by atoms with Gasteiger partial charge in [-0.25, -0.2) is 4.98 Å². The minimum Gasteiger partial charge on any atom is -0.432 e. The molecule has 2 N–H and O–H groups in total. The van der Waals surface area contributed by atoms with E-state index in [-0.39, 0.29) is 23.1 Å². The van der Waals surface area contributed by atoms with Gasteiger partial charge in [0.2, 0.25) is 11.6 Å². The van der Waals surface area contributed by atoms with Gasteiger partial charge in [-0.3, -0.25) is 10.1 Å². The summed E-state index contributed by atoms with van der Waals surface area (Å²) in [4.78, 5) is 18.9. The molecule has 0 aliphatic carbocycles. The van der Waals surface area contributed by atoms with Crippen molar-refractivity contribution in [1.82, 2.24) is 9.97 Å². The fourth-order valence-corrected chi connectivity index (χ4v) is 1.83. The van der Waals surface area contributed by atoms with E-state index in [4.69, 9.17) is 10.5 Å². The van der Waals surface area contributed by atoms with E-state index in [0.717, 1.165) is 5.56 Å². The predicted molar refractivity (Wildman–Crippen MR) is 78.4 cm³/mol. The number of aryl methyl sites for hydroxylation is 2. The number of nitrogen functional groups attached to an aromatic ring is 1. The van der Waals surface area contributed by atoms with Crippen LogP contribution in [-0.4, -0.2) is 14.9 Å². The van der Waals surface area contributed by atoms with Gasteiger partial charge in [0.25, 0.3) is 0 Å². The number of hydrogen-bond acceptors (Lipinski definition) is 6. The highest BCUT2D eigenvalue weighted by Crippen LogP contribution is 2.32. The average molecular weight is 288 g/mol. The normalized spacial score (nSPS) is 10.4. The highest BCUT2D eigenvalue weighted by Gasteiger charge is 2.17. The molecule has 0 amide bonds. The molecule has 0 aliphatic heterocycles. The van der Waals surface area contributed by atoms with Crippen LogP contribution in [-0.2, 0) is 12.8 Å². The van der Waals surface area contributed by atoms with Crippen LogP contribution in [0.1, 0.15) is 25.2 Å². The topological polar surface area (TPSA) is 104 Å². The fourth-order valence-electron chi connectivity index (χ4n) is 1.83. The molecule has 0 aliphatic rings. The first-order valence-corrected chi connectivity index (χ1v) is 6.62. The molecule has 21 heavy (non-hydrogen) atoms. The molecule has 1 aromatic carbocycles. The lowest BCUT2D eigenvalue weighted by atomic mass is 10.1. The highest BCUT2D eigenvalue weighted by molar-refractivity contribution is 5.50. The quantitative estimate of drug-likeness (QED) is 0.670. The van der Waals surface area contributed by atoms with Crippen molar-refractivity contribution in [3.8, 4) is 11.6 Å². The summed E-state index contributed by atoms with van der Waals surface area (Å²) in [6.45, 7) is 3.81. The molecule has 110 valence electrons. The monoisotopic (exact) mass is 288 g/mol. The van der Waals surface area contributed by atoms with Crippen LogP contribution in [0.4, 0.5) is 11.5 Å². The zero-order valence-electron chi connectivity index (χ0n) is 11.9. The maximum absolute atomic E-state index is 11.1. The van der Waals surface area contributed by atoms with Gasteiger partial charge in [-0.1, -0.05) is 19.9 Å². The number of nitro groups is 1. The van der Waals surface area contributed by atoms with E-state index in [9.17, 15) is 10.1 Å². The Morgan fingerprint density at radius 3 is 2.62 bits per heavy atom. The van der Waals surface area contributed by atoms with Crippen molar-refractivity contribution < 1.29 is 9.66 Å². The molecule has 7 nitrogen and oxygen atoms in total. The van der Waals surface area contributed by atoms with E-state index in [1.807, 2.05) is 13.8 Å². The number of anilines is 1. The summed E-state index contributed by atoms with van der Waals surface area (Å²) in [5.74, 6) is 1.13. The average Bonchev–Trinajstić information content (AvgIpc) is 2.46. The maximum atomic E-state index is 11.1. The van der Waals surface area contributed by atoms with E-state index in [1.54, 1.807) is 12.1 Å². The number of ether oxygens (including phenoxy) is 1. The summed E-state index contributed by atoms with van der Waals surface area (Å²) < 4.78 is 5.52. The fraction of sp³-hybridized carbons (Fsp3) is 0.286. The number of aromatic nitrogens is 2. The molecule has 0 saturated carbocycles. The standard InChI is InChI=1S/C14H16N4O3/c1-3-9-5-6-11(10(7-9)18(19)20)21-14-8-12(15)16-13(4-2)17-14/h5-8H,3-4H2,1-2H3,(H2,15,16,17). The summed E-state index contributed by atoms with van der Waals surface area (Å²) in [7, 11) is 0. The van der Waals surface area contributed by atoms with Gasteiger partial charge >= 0.3 is 5.69 Å². The van der Waals surface area contributed by atoms with Crippen LogP contribution >= 0.6 is 0 Å². The number of nitro benzene ring substituents is 1. The van der Waals surface area contributed by atoms with Gasteiger partial charge in [0.05, 0.1) is 4.92 Å². The highest BCUT2D eigenvalue weighted by atomic mass is 16.6. The SMILES string of the molecule is CCc1ccc(Oc2cc(N)nc(CC)n2)c([N+](=O)[O-])c1. The van der Waals surface area contributed by atoms with E-state index >= 15 is 0 Å². The summed E-state index contributed by atoms with van der Waals surface area (Å²) in [5.41, 5.74) is 6.44. The molecule has 2 aromatic rings. The molecule has 0 unspecified atom stereocenters. The first-order chi connectivity index (χ1) is 10.0. The van der Waals surface area contributed by atoms with Crippen molar-refractivity contribution in [3.63, 3.8) is 0 Å². The van der Waals surface area contributed by atoms with Gasteiger partial charge in [-0.2, -0.15) is 4.98 Å². The van der Waals surface area contributed by atoms with Crippen LogP contribution in [0.2, 0.25) is 0 Å². The predicted octanol–water partition coefficient (Wildman–Crippen LogP) is 2.88. The van der Waals surface area contributed by atoms with Crippen LogP contribution in [0.3, 0.4) is 0 Å². The van der Waals surface area contributed by atoms with Crippen LogP contribution in [0.15, 0.2) is 24.3 Å². The Morgan fingerprint density at radius 1 is 1.24 bits per heavy atom. The van der Waals surface area contributed by atoms with Crippen molar-refractivity contribution >= 4 is 11.5 Å². The van der Waals surface area contributed by atoms with Crippen molar-refractivity contribution in [2.75, 3.05) is 5.73 Å². The zero-order chi connectivity index (χ0) is 15.4. The molecule has 1 aromatic heterocycles. The van der Waals surface area contributed by atoms with Crippen molar-refractivity contribution in [2.24, 2.45) is 0 Å². The molecule has 0 saturated heterocycles. The Morgan fingerprint density at radius 2 is 2.00 bits per heavy atom. The first-order valence-electron chi connectivity index (χ1n) is 6.62. The molecule has 1 heterocycles. The number of rotatable bonds is 5. The van der Waals surface area contributed by atoms with Gasteiger partial charge in [0, 0.05) is 18.6 Å². The summed E-state index contributed by atoms with van der Waals surface area (Å²) in [5, 5.41) is 11.1. The Kier molecular flexibility index (Phi) is 4.32. The number of nitrogens with zero attached hydrogens (tertiary/aromatic N) is 3. The minimum absolute atomic E-state index is 0.0930. The van der Waals surface area contributed by atoms with Gasteiger partial charge < -0.3 is 10.5 Å². The number of hydrogen-bond donors (Lipinski definition) is 1. The lowest BCUT2D eigenvalue weighted by molar-refractivity contribution is -0.385. The van der Waals surface area contributed by atoms with Crippen LogP contribution in [0, 0.1) is 10.1 Å².